The predicted molar refractivity (Wildman–Crippen MR) is 92.7 cm³/mol. The van der Waals surface area contributed by atoms with E-state index in [9.17, 15) is 14.0 Å². The van der Waals surface area contributed by atoms with E-state index in [4.69, 9.17) is 0 Å². The highest BCUT2D eigenvalue weighted by molar-refractivity contribution is 5.81. The first kappa shape index (κ1) is 16.2. The third-order valence-electron chi connectivity index (χ3n) is 5.40. The second-order valence-electron chi connectivity index (χ2n) is 7.28. The molecular formula is C19H22FN3O2. The summed E-state index contributed by atoms with van der Waals surface area (Å²) in [5.41, 5.74) is 0.294. The van der Waals surface area contributed by atoms with Gasteiger partial charge in [0.25, 0.3) is 5.56 Å². The number of piperidine rings is 1. The minimum absolute atomic E-state index is 0.112. The number of carbonyl (C=O) groups excluding carboxylic acids is 1. The summed E-state index contributed by atoms with van der Waals surface area (Å²) in [6, 6.07) is 4.11. The van der Waals surface area contributed by atoms with Crippen LogP contribution >= 0.6 is 0 Å². The maximum absolute atomic E-state index is 13.4. The van der Waals surface area contributed by atoms with Gasteiger partial charge in [-0.05, 0) is 50.7 Å². The summed E-state index contributed by atoms with van der Waals surface area (Å²) in [6.45, 7) is 3.95. The van der Waals surface area contributed by atoms with Gasteiger partial charge in [0.05, 0.1) is 10.9 Å². The van der Waals surface area contributed by atoms with Gasteiger partial charge >= 0.3 is 0 Å². The van der Waals surface area contributed by atoms with E-state index in [1.165, 1.54) is 18.2 Å². The van der Waals surface area contributed by atoms with Gasteiger partial charge in [0.2, 0.25) is 5.91 Å². The fourth-order valence-electron chi connectivity index (χ4n) is 3.70. The van der Waals surface area contributed by atoms with Crippen LogP contribution < -0.4 is 5.56 Å². The second kappa shape index (κ2) is 6.24. The number of nitrogens with zero attached hydrogens (tertiary/aromatic N) is 3. The van der Waals surface area contributed by atoms with Gasteiger partial charge in [-0.2, -0.15) is 0 Å². The summed E-state index contributed by atoms with van der Waals surface area (Å²) in [4.78, 5) is 31.3. The van der Waals surface area contributed by atoms with E-state index in [-0.39, 0.29) is 17.3 Å². The van der Waals surface area contributed by atoms with Gasteiger partial charge in [-0.15, -0.1) is 0 Å². The van der Waals surface area contributed by atoms with Gasteiger partial charge in [-0.1, -0.05) is 0 Å². The molecule has 1 aromatic carbocycles. The Labute approximate surface area is 145 Å². The van der Waals surface area contributed by atoms with Crippen molar-refractivity contribution in [3.63, 3.8) is 0 Å². The van der Waals surface area contributed by atoms with Crippen molar-refractivity contribution < 1.29 is 9.18 Å². The summed E-state index contributed by atoms with van der Waals surface area (Å²) in [5.74, 6) is 1.16. The Morgan fingerprint density at radius 1 is 1.24 bits per heavy atom. The van der Waals surface area contributed by atoms with Crippen LogP contribution in [0.3, 0.4) is 0 Å². The lowest BCUT2D eigenvalue weighted by Gasteiger charge is -2.32. The Bertz CT molecular complexity index is 880. The van der Waals surface area contributed by atoms with Gasteiger partial charge in [-0.25, -0.2) is 9.37 Å². The van der Waals surface area contributed by atoms with Gasteiger partial charge < -0.3 is 4.90 Å². The van der Waals surface area contributed by atoms with Crippen LogP contribution in [0.2, 0.25) is 0 Å². The van der Waals surface area contributed by atoms with Crippen LogP contribution in [-0.4, -0.2) is 33.4 Å². The fourth-order valence-corrected chi connectivity index (χ4v) is 3.70. The highest BCUT2D eigenvalue weighted by atomic mass is 19.1. The third kappa shape index (κ3) is 3.17. The van der Waals surface area contributed by atoms with Gasteiger partial charge in [0.15, 0.2) is 0 Å². The van der Waals surface area contributed by atoms with E-state index in [0.29, 0.717) is 35.1 Å². The molecule has 2 aromatic rings. The van der Waals surface area contributed by atoms with E-state index in [1.807, 2.05) is 4.90 Å². The molecule has 1 saturated carbocycles. The van der Waals surface area contributed by atoms with Crippen molar-refractivity contribution in [1.29, 1.82) is 0 Å². The van der Waals surface area contributed by atoms with Gasteiger partial charge in [0, 0.05) is 31.6 Å². The Morgan fingerprint density at radius 3 is 2.64 bits per heavy atom. The molecule has 0 unspecified atom stereocenters. The molecule has 0 radical (unpaired) electrons. The lowest BCUT2D eigenvalue weighted by atomic mass is 9.96. The number of amides is 1. The van der Waals surface area contributed by atoms with Crippen molar-refractivity contribution in [1.82, 2.24) is 14.5 Å². The minimum Gasteiger partial charge on any atom is -0.342 e. The van der Waals surface area contributed by atoms with Crippen LogP contribution in [0, 0.1) is 24.6 Å². The van der Waals surface area contributed by atoms with E-state index >= 15 is 0 Å². The number of hydrogen-bond acceptors (Lipinski definition) is 3. The molecule has 1 amide bonds. The van der Waals surface area contributed by atoms with Crippen LogP contribution in [0.15, 0.2) is 23.0 Å². The molecule has 132 valence electrons. The number of halogens is 1. The third-order valence-corrected chi connectivity index (χ3v) is 5.40. The zero-order chi connectivity index (χ0) is 17.6. The summed E-state index contributed by atoms with van der Waals surface area (Å²) in [5, 5.41) is 0.452. The van der Waals surface area contributed by atoms with Crippen molar-refractivity contribution in [3.05, 3.63) is 40.2 Å². The Balaban J connectivity index is 1.50. The monoisotopic (exact) mass is 343 g/mol. The number of rotatable bonds is 3. The van der Waals surface area contributed by atoms with E-state index in [1.54, 1.807) is 11.5 Å². The van der Waals surface area contributed by atoms with Gasteiger partial charge in [0.1, 0.15) is 11.6 Å². The number of carbonyl (C=O) groups is 1. The molecular weight excluding hydrogens is 321 g/mol. The quantitative estimate of drug-likeness (QED) is 0.860. The topological polar surface area (TPSA) is 55.2 Å². The van der Waals surface area contributed by atoms with E-state index in [0.717, 1.165) is 38.8 Å². The van der Waals surface area contributed by atoms with Crippen molar-refractivity contribution in [2.75, 3.05) is 13.1 Å². The number of likely N-dealkylation sites (tertiary alicyclic amines) is 1. The molecule has 2 fully saturated rings. The van der Waals surface area contributed by atoms with E-state index in [2.05, 4.69) is 4.98 Å². The first-order valence-corrected chi connectivity index (χ1v) is 8.98. The summed E-state index contributed by atoms with van der Waals surface area (Å²) >= 11 is 0. The van der Waals surface area contributed by atoms with Crippen molar-refractivity contribution in [2.24, 2.45) is 11.8 Å². The summed E-state index contributed by atoms with van der Waals surface area (Å²) in [6.07, 6.45) is 3.89. The predicted octanol–water partition coefficient (Wildman–Crippen LogP) is 2.49. The summed E-state index contributed by atoms with van der Waals surface area (Å²) in [7, 11) is 0. The van der Waals surface area contributed by atoms with Crippen molar-refractivity contribution in [3.8, 4) is 0 Å². The molecule has 0 bridgehead atoms. The van der Waals surface area contributed by atoms with E-state index < -0.39 is 0 Å². The molecule has 0 spiro atoms. The molecule has 6 heteroatoms. The van der Waals surface area contributed by atoms with Crippen LogP contribution in [-0.2, 0) is 11.3 Å². The molecule has 1 aliphatic heterocycles. The average Bonchev–Trinajstić information content (AvgIpc) is 3.43. The van der Waals surface area contributed by atoms with Crippen molar-refractivity contribution in [2.45, 2.75) is 39.2 Å². The van der Waals surface area contributed by atoms with Gasteiger partial charge in [-0.3, -0.25) is 14.2 Å². The zero-order valence-electron chi connectivity index (χ0n) is 14.4. The first-order valence-electron chi connectivity index (χ1n) is 8.98. The number of aromatic nitrogens is 2. The van der Waals surface area contributed by atoms with Crippen LogP contribution in [0.5, 0.6) is 0 Å². The van der Waals surface area contributed by atoms with Crippen molar-refractivity contribution >= 4 is 16.8 Å². The Morgan fingerprint density at radius 2 is 1.96 bits per heavy atom. The standard InChI is InChI=1S/C19H22FN3O2/c1-12-21-17-10-15(20)4-5-16(17)19(25)23(12)11-13-6-8-22(9-7-13)18(24)14-2-3-14/h4-5,10,13-14H,2-3,6-9,11H2,1H3. The molecule has 4 rings (SSSR count). The molecule has 1 aromatic heterocycles. The van der Waals surface area contributed by atoms with Crippen LogP contribution in [0.1, 0.15) is 31.5 Å². The number of fused-ring (bicyclic) bond motifs is 1. The molecule has 0 N–H and O–H groups in total. The smallest absolute Gasteiger partial charge is 0.261 e. The molecule has 0 atom stereocenters. The fraction of sp³-hybridized carbons (Fsp3) is 0.526. The normalized spacial score (nSPS) is 18.7. The second-order valence-corrected chi connectivity index (χ2v) is 7.28. The first-order chi connectivity index (χ1) is 12.0. The highest BCUT2D eigenvalue weighted by Crippen LogP contribution is 2.32. The highest BCUT2D eigenvalue weighted by Gasteiger charge is 2.35. The summed E-state index contributed by atoms with van der Waals surface area (Å²) < 4.78 is 15.1. The molecule has 25 heavy (non-hydrogen) atoms. The lowest BCUT2D eigenvalue weighted by Crippen LogP contribution is -2.41. The number of hydrogen-bond donors (Lipinski definition) is 0. The number of aryl methyl sites for hydroxylation is 1. The maximum Gasteiger partial charge on any atom is 0.261 e. The molecule has 2 aliphatic rings. The minimum atomic E-state index is -0.385. The molecule has 5 nitrogen and oxygen atoms in total. The Hall–Kier alpha value is -2.24. The zero-order valence-corrected chi connectivity index (χ0v) is 14.4. The largest absolute Gasteiger partial charge is 0.342 e. The molecule has 1 saturated heterocycles. The van der Waals surface area contributed by atoms with Crippen LogP contribution in [0.4, 0.5) is 4.39 Å². The molecule has 1 aliphatic carbocycles. The van der Waals surface area contributed by atoms with Crippen LogP contribution in [0.25, 0.3) is 10.9 Å². The molecule has 2 heterocycles. The SMILES string of the molecule is Cc1nc2cc(F)ccc2c(=O)n1CC1CCN(C(=O)C2CC2)CC1. The lowest BCUT2D eigenvalue weighted by molar-refractivity contribution is -0.134. The number of benzene rings is 1. The average molecular weight is 343 g/mol. The Kier molecular flexibility index (Phi) is 4.06. The maximum atomic E-state index is 13.4.